The minimum absolute atomic E-state index is 0.419. The van der Waals surface area contributed by atoms with Gasteiger partial charge < -0.3 is 4.57 Å². The Morgan fingerprint density at radius 2 is 2.13 bits per heavy atom. The highest BCUT2D eigenvalue weighted by molar-refractivity contribution is 6.34. The summed E-state index contributed by atoms with van der Waals surface area (Å²) in [6, 6.07) is 0.419. The number of nitrogens with zero attached hydrogens (tertiary/aromatic N) is 4. The van der Waals surface area contributed by atoms with Crippen LogP contribution in [0.2, 0.25) is 5.02 Å². The van der Waals surface area contributed by atoms with E-state index in [2.05, 4.69) is 29.0 Å². The second-order valence-corrected chi connectivity index (χ2v) is 3.89. The smallest absolute Gasteiger partial charge is 0.184 e. The zero-order chi connectivity index (χ0) is 10.8. The van der Waals surface area contributed by atoms with Gasteiger partial charge in [0.1, 0.15) is 5.52 Å². The Hall–Kier alpha value is -1.16. The predicted molar refractivity (Wildman–Crippen MR) is 60.0 cm³/mol. The summed E-state index contributed by atoms with van der Waals surface area (Å²) >= 11 is 5.98. The number of hydrogen-bond donors (Lipinski definition) is 0. The van der Waals surface area contributed by atoms with Gasteiger partial charge in [-0.1, -0.05) is 25.4 Å². The molecule has 80 valence electrons. The van der Waals surface area contributed by atoms with Crippen LogP contribution in [0.25, 0.3) is 11.2 Å². The van der Waals surface area contributed by atoms with Crippen molar-refractivity contribution in [1.82, 2.24) is 19.7 Å². The first-order chi connectivity index (χ1) is 7.27. The van der Waals surface area contributed by atoms with Gasteiger partial charge in [0.05, 0.1) is 17.5 Å². The molecule has 0 bridgehead atoms. The molecule has 0 atom stereocenters. The van der Waals surface area contributed by atoms with Crippen molar-refractivity contribution in [2.75, 3.05) is 0 Å². The van der Waals surface area contributed by atoms with Crippen molar-refractivity contribution in [3.8, 4) is 0 Å². The third kappa shape index (κ3) is 1.69. The molecule has 0 saturated carbocycles. The number of fused-ring (bicyclic) bond motifs is 1. The van der Waals surface area contributed by atoms with E-state index in [1.165, 1.54) is 6.20 Å². The molecular weight excluding hydrogens is 212 g/mol. The second-order valence-electron chi connectivity index (χ2n) is 3.49. The van der Waals surface area contributed by atoms with Gasteiger partial charge in [-0.25, -0.2) is 4.98 Å². The molecule has 0 aliphatic carbocycles. The summed E-state index contributed by atoms with van der Waals surface area (Å²) in [5.41, 5.74) is 1.51. The summed E-state index contributed by atoms with van der Waals surface area (Å²) in [5, 5.41) is 8.50. The molecule has 5 heteroatoms. The topological polar surface area (TPSA) is 43.6 Å². The lowest BCUT2D eigenvalue weighted by Crippen LogP contribution is -2.06. The molecule has 0 aliphatic rings. The van der Waals surface area contributed by atoms with Crippen molar-refractivity contribution < 1.29 is 0 Å². The molecule has 0 saturated heterocycles. The molecule has 0 radical (unpaired) electrons. The summed E-state index contributed by atoms with van der Waals surface area (Å²) in [7, 11) is 0. The fourth-order valence-corrected chi connectivity index (χ4v) is 1.94. The van der Waals surface area contributed by atoms with E-state index in [0.29, 0.717) is 11.1 Å². The standard InChI is InChI=1S/C10H13ClN4/c1-3-7(4-2)15-6-12-9-8(11)5-13-14-10(9)15/h5-7H,3-4H2,1-2H3. The molecule has 2 heterocycles. The van der Waals surface area contributed by atoms with Crippen LogP contribution in [0.15, 0.2) is 12.5 Å². The van der Waals surface area contributed by atoms with E-state index >= 15 is 0 Å². The molecule has 0 fully saturated rings. The molecule has 0 spiro atoms. The Labute approximate surface area is 93.3 Å². The van der Waals surface area contributed by atoms with Gasteiger partial charge in [0, 0.05) is 6.04 Å². The molecule has 2 rings (SSSR count). The summed E-state index contributed by atoms with van der Waals surface area (Å²) in [5.74, 6) is 0. The SMILES string of the molecule is CCC(CC)n1cnc2c(Cl)cnnc21. The van der Waals surface area contributed by atoms with Gasteiger partial charge in [0.2, 0.25) is 0 Å². The van der Waals surface area contributed by atoms with Crippen molar-refractivity contribution in [2.24, 2.45) is 0 Å². The van der Waals surface area contributed by atoms with Crippen molar-refractivity contribution in [2.45, 2.75) is 32.7 Å². The lowest BCUT2D eigenvalue weighted by Gasteiger charge is -2.13. The fraction of sp³-hybridized carbons (Fsp3) is 0.500. The highest BCUT2D eigenvalue weighted by Crippen LogP contribution is 2.24. The second kappa shape index (κ2) is 4.14. The number of halogens is 1. The van der Waals surface area contributed by atoms with Crippen molar-refractivity contribution in [3.63, 3.8) is 0 Å². The largest absolute Gasteiger partial charge is 0.311 e. The molecule has 0 amide bonds. The lowest BCUT2D eigenvalue weighted by atomic mass is 10.2. The minimum atomic E-state index is 0.419. The summed E-state index contributed by atoms with van der Waals surface area (Å²) in [4.78, 5) is 4.26. The normalized spacial score (nSPS) is 11.5. The van der Waals surface area contributed by atoms with Crippen molar-refractivity contribution in [3.05, 3.63) is 17.5 Å². The monoisotopic (exact) mass is 224 g/mol. The van der Waals surface area contributed by atoms with Crippen LogP contribution in [0.4, 0.5) is 0 Å². The first-order valence-corrected chi connectivity index (χ1v) is 5.49. The molecule has 0 aromatic carbocycles. The number of hydrogen-bond acceptors (Lipinski definition) is 3. The fourth-order valence-electron chi connectivity index (χ4n) is 1.77. The summed E-state index contributed by atoms with van der Waals surface area (Å²) < 4.78 is 2.05. The molecular formula is C10H13ClN4. The Morgan fingerprint density at radius 1 is 1.40 bits per heavy atom. The van der Waals surface area contributed by atoms with Gasteiger partial charge in [-0.05, 0) is 12.8 Å². The van der Waals surface area contributed by atoms with E-state index in [4.69, 9.17) is 11.6 Å². The van der Waals surface area contributed by atoms with E-state index < -0.39 is 0 Å². The van der Waals surface area contributed by atoms with Crippen LogP contribution >= 0.6 is 11.6 Å². The summed E-state index contributed by atoms with van der Waals surface area (Å²) in [6.07, 6.45) is 5.42. The third-order valence-corrected chi connectivity index (χ3v) is 2.93. The van der Waals surface area contributed by atoms with E-state index in [-0.39, 0.29) is 0 Å². The molecule has 0 aliphatic heterocycles. The average molecular weight is 225 g/mol. The highest BCUT2D eigenvalue weighted by atomic mass is 35.5. The summed E-state index contributed by atoms with van der Waals surface area (Å²) in [6.45, 7) is 4.30. The predicted octanol–water partition coefficient (Wildman–Crippen LogP) is 2.84. The Kier molecular flexibility index (Phi) is 2.86. The Bertz CT molecular complexity index is 461. The van der Waals surface area contributed by atoms with Gasteiger partial charge in [0.15, 0.2) is 5.65 Å². The van der Waals surface area contributed by atoms with Crippen molar-refractivity contribution in [1.29, 1.82) is 0 Å². The van der Waals surface area contributed by atoms with Gasteiger partial charge in [-0.15, -0.1) is 5.10 Å². The van der Waals surface area contributed by atoms with Crippen LogP contribution in [0.1, 0.15) is 32.7 Å². The Morgan fingerprint density at radius 3 is 2.80 bits per heavy atom. The van der Waals surface area contributed by atoms with Crippen LogP contribution < -0.4 is 0 Å². The molecule has 0 N–H and O–H groups in total. The molecule has 2 aromatic heterocycles. The minimum Gasteiger partial charge on any atom is -0.311 e. The van der Waals surface area contributed by atoms with Crippen LogP contribution in [-0.2, 0) is 0 Å². The average Bonchev–Trinajstić information content (AvgIpc) is 2.66. The van der Waals surface area contributed by atoms with Gasteiger partial charge in [-0.3, -0.25) is 0 Å². The highest BCUT2D eigenvalue weighted by Gasteiger charge is 2.13. The maximum absolute atomic E-state index is 5.98. The van der Waals surface area contributed by atoms with Gasteiger partial charge in [0.25, 0.3) is 0 Å². The molecule has 4 nitrogen and oxygen atoms in total. The third-order valence-electron chi connectivity index (χ3n) is 2.65. The zero-order valence-electron chi connectivity index (χ0n) is 8.81. The molecule has 0 unspecified atom stereocenters. The zero-order valence-corrected chi connectivity index (χ0v) is 9.57. The lowest BCUT2D eigenvalue weighted by molar-refractivity contribution is 0.479. The van der Waals surface area contributed by atoms with Crippen LogP contribution in [-0.4, -0.2) is 19.7 Å². The van der Waals surface area contributed by atoms with Crippen molar-refractivity contribution >= 4 is 22.8 Å². The number of aromatic nitrogens is 4. The van der Waals surface area contributed by atoms with E-state index in [1.807, 2.05) is 4.57 Å². The number of rotatable bonds is 3. The van der Waals surface area contributed by atoms with Crippen LogP contribution in [0.5, 0.6) is 0 Å². The maximum atomic E-state index is 5.98. The first-order valence-electron chi connectivity index (χ1n) is 5.11. The van der Waals surface area contributed by atoms with E-state index in [9.17, 15) is 0 Å². The first kappa shape index (κ1) is 10.4. The van der Waals surface area contributed by atoms with Crippen LogP contribution in [0.3, 0.4) is 0 Å². The number of imidazole rings is 1. The van der Waals surface area contributed by atoms with Crippen LogP contribution in [0, 0.1) is 0 Å². The molecule has 2 aromatic rings. The Balaban J connectivity index is 2.58. The molecule has 15 heavy (non-hydrogen) atoms. The van der Waals surface area contributed by atoms with E-state index in [0.717, 1.165) is 24.0 Å². The maximum Gasteiger partial charge on any atom is 0.184 e. The van der Waals surface area contributed by atoms with E-state index in [1.54, 1.807) is 6.33 Å². The van der Waals surface area contributed by atoms with Gasteiger partial charge in [-0.2, -0.15) is 5.10 Å². The quantitative estimate of drug-likeness (QED) is 0.805. The van der Waals surface area contributed by atoms with Gasteiger partial charge >= 0.3 is 0 Å².